The first-order valence-corrected chi connectivity index (χ1v) is 8.98. The van der Waals surface area contributed by atoms with Crippen LogP contribution in [0.3, 0.4) is 0 Å². The summed E-state index contributed by atoms with van der Waals surface area (Å²) in [4.78, 5) is 11.4. The van der Waals surface area contributed by atoms with E-state index in [9.17, 15) is 27.1 Å². The Labute approximate surface area is 144 Å². The zero-order valence-electron chi connectivity index (χ0n) is 13.1. The standard InChI is InChI=1S/C17H17F2NO4S/c18-17(19)25(23,24)15-9-5-4-8-14(15)16(22)20-11-13(21)10-12-6-2-1-3-7-12/h1-9,13,17,21H,10-11H2,(H,20,22). The first kappa shape index (κ1) is 19.0. The molecule has 5 nitrogen and oxygen atoms in total. The van der Waals surface area contributed by atoms with Crippen molar-refractivity contribution in [3.63, 3.8) is 0 Å². The van der Waals surface area contributed by atoms with Gasteiger partial charge in [0.1, 0.15) is 0 Å². The van der Waals surface area contributed by atoms with Crippen LogP contribution in [0.25, 0.3) is 0 Å². The molecule has 0 aliphatic carbocycles. The summed E-state index contributed by atoms with van der Waals surface area (Å²) in [5.74, 6) is -4.46. The maximum absolute atomic E-state index is 12.7. The van der Waals surface area contributed by atoms with Gasteiger partial charge in [-0.3, -0.25) is 4.79 Å². The quantitative estimate of drug-likeness (QED) is 0.782. The molecule has 0 aliphatic heterocycles. The third-order valence-electron chi connectivity index (χ3n) is 3.49. The van der Waals surface area contributed by atoms with Gasteiger partial charge in [0.25, 0.3) is 5.91 Å². The number of nitrogens with one attached hydrogen (secondary N) is 1. The molecule has 2 rings (SSSR count). The van der Waals surface area contributed by atoms with E-state index in [2.05, 4.69) is 5.32 Å². The first-order valence-electron chi connectivity index (χ1n) is 7.43. The second kappa shape index (κ2) is 8.17. The van der Waals surface area contributed by atoms with E-state index < -0.39 is 32.5 Å². The SMILES string of the molecule is O=C(NCC(O)Cc1ccccc1)c1ccccc1S(=O)(=O)C(F)F. The Morgan fingerprint density at radius 2 is 1.64 bits per heavy atom. The lowest BCUT2D eigenvalue weighted by molar-refractivity contribution is 0.0912. The van der Waals surface area contributed by atoms with Gasteiger partial charge in [0.05, 0.1) is 16.6 Å². The van der Waals surface area contributed by atoms with Crippen molar-refractivity contribution in [3.05, 3.63) is 65.7 Å². The predicted octanol–water partition coefficient (Wildman–Crippen LogP) is 2.02. The molecule has 2 N–H and O–H groups in total. The summed E-state index contributed by atoms with van der Waals surface area (Å²) in [6.07, 6.45) is -0.608. The number of alkyl halides is 2. The highest BCUT2D eigenvalue weighted by Crippen LogP contribution is 2.22. The maximum atomic E-state index is 12.7. The molecule has 0 radical (unpaired) electrons. The average molecular weight is 369 g/mol. The molecule has 0 heterocycles. The minimum atomic E-state index is -4.90. The number of aliphatic hydroxyl groups is 1. The number of aliphatic hydroxyl groups excluding tert-OH is 1. The predicted molar refractivity (Wildman–Crippen MR) is 88.1 cm³/mol. The number of sulfone groups is 1. The second-order valence-corrected chi connectivity index (χ2v) is 7.24. The summed E-state index contributed by atoms with van der Waals surface area (Å²) >= 11 is 0. The van der Waals surface area contributed by atoms with Crippen LogP contribution in [-0.4, -0.2) is 37.8 Å². The normalized spacial score (nSPS) is 12.8. The van der Waals surface area contributed by atoms with Gasteiger partial charge in [-0.05, 0) is 17.7 Å². The average Bonchev–Trinajstić information content (AvgIpc) is 2.60. The number of amides is 1. The number of benzene rings is 2. The minimum absolute atomic E-state index is 0.142. The van der Waals surface area contributed by atoms with Crippen LogP contribution in [-0.2, 0) is 16.3 Å². The van der Waals surface area contributed by atoms with Gasteiger partial charge in [-0.2, -0.15) is 8.78 Å². The highest BCUT2D eigenvalue weighted by Gasteiger charge is 2.30. The van der Waals surface area contributed by atoms with Crippen LogP contribution in [0.2, 0.25) is 0 Å². The highest BCUT2D eigenvalue weighted by atomic mass is 32.2. The fraction of sp³-hybridized carbons (Fsp3) is 0.235. The molecule has 8 heteroatoms. The number of rotatable bonds is 7. The van der Waals surface area contributed by atoms with Gasteiger partial charge in [-0.1, -0.05) is 42.5 Å². The van der Waals surface area contributed by atoms with E-state index >= 15 is 0 Å². The Kier molecular flexibility index (Phi) is 6.22. The summed E-state index contributed by atoms with van der Waals surface area (Å²) in [5.41, 5.74) is 0.486. The lowest BCUT2D eigenvalue weighted by Crippen LogP contribution is -2.34. The van der Waals surface area contributed by atoms with Crippen molar-refractivity contribution < 1.29 is 27.1 Å². The molecular formula is C17H17F2NO4S. The molecular weight excluding hydrogens is 352 g/mol. The smallest absolute Gasteiger partial charge is 0.341 e. The van der Waals surface area contributed by atoms with Crippen molar-refractivity contribution in [3.8, 4) is 0 Å². The van der Waals surface area contributed by atoms with Crippen molar-refractivity contribution in [2.75, 3.05) is 6.54 Å². The van der Waals surface area contributed by atoms with Gasteiger partial charge < -0.3 is 10.4 Å². The third-order valence-corrected chi connectivity index (χ3v) is 4.92. The van der Waals surface area contributed by atoms with Crippen LogP contribution in [0.15, 0.2) is 59.5 Å². The van der Waals surface area contributed by atoms with Crippen molar-refractivity contribution in [2.45, 2.75) is 23.2 Å². The van der Waals surface area contributed by atoms with Gasteiger partial charge >= 0.3 is 5.76 Å². The first-order chi connectivity index (χ1) is 11.8. The Hall–Kier alpha value is -2.32. The molecule has 1 unspecified atom stereocenters. The molecule has 25 heavy (non-hydrogen) atoms. The van der Waals surface area contributed by atoms with Gasteiger partial charge in [0.15, 0.2) is 0 Å². The van der Waals surface area contributed by atoms with E-state index in [1.54, 1.807) is 0 Å². The van der Waals surface area contributed by atoms with E-state index in [0.29, 0.717) is 0 Å². The van der Waals surface area contributed by atoms with E-state index in [4.69, 9.17) is 0 Å². The number of halogens is 2. The summed E-state index contributed by atoms with van der Waals surface area (Å²) in [6.45, 7) is -0.142. The van der Waals surface area contributed by atoms with Crippen molar-refractivity contribution in [1.82, 2.24) is 5.32 Å². The van der Waals surface area contributed by atoms with Gasteiger partial charge in [-0.15, -0.1) is 0 Å². The summed E-state index contributed by atoms with van der Waals surface area (Å²) < 4.78 is 48.8. The van der Waals surface area contributed by atoms with E-state index in [1.807, 2.05) is 30.3 Å². The Morgan fingerprint density at radius 3 is 2.28 bits per heavy atom. The Bertz CT molecular complexity index is 826. The van der Waals surface area contributed by atoms with Crippen LogP contribution in [0.4, 0.5) is 8.78 Å². The summed E-state index contributed by atoms with van der Waals surface area (Å²) in [7, 11) is -4.90. The van der Waals surface area contributed by atoms with E-state index in [1.165, 1.54) is 12.1 Å². The topological polar surface area (TPSA) is 83.5 Å². The Balaban J connectivity index is 2.07. The zero-order valence-corrected chi connectivity index (χ0v) is 13.9. The van der Waals surface area contributed by atoms with Crippen LogP contribution >= 0.6 is 0 Å². The molecule has 2 aromatic rings. The number of carbonyl (C=O) groups is 1. The molecule has 0 fully saturated rings. The monoisotopic (exact) mass is 369 g/mol. The van der Waals surface area contributed by atoms with Crippen molar-refractivity contribution >= 4 is 15.7 Å². The summed E-state index contributed by atoms with van der Waals surface area (Å²) in [6, 6.07) is 13.8. The number of hydrogen-bond donors (Lipinski definition) is 2. The van der Waals surface area contributed by atoms with Crippen molar-refractivity contribution in [1.29, 1.82) is 0 Å². The Morgan fingerprint density at radius 1 is 1.04 bits per heavy atom. The van der Waals surface area contributed by atoms with E-state index in [0.717, 1.165) is 17.7 Å². The maximum Gasteiger partial charge on any atom is 0.341 e. The van der Waals surface area contributed by atoms with E-state index in [-0.39, 0.29) is 18.5 Å². The van der Waals surface area contributed by atoms with Crippen LogP contribution < -0.4 is 5.32 Å². The van der Waals surface area contributed by atoms with Crippen molar-refractivity contribution in [2.24, 2.45) is 0 Å². The number of carbonyl (C=O) groups excluding carboxylic acids is 1. The molecule has 2 aromatic carbocycles. The van der Waals surface area contributed by atoms with Crippen LogP contribution in [0.5, 0.6) is 0 Å². The lowest BCUT2D eigenvalue weighted by atomic mass is 10.1. The molecule has 0 saturated heterocycles. The summed E-state index contributed by atoms with van der Waals surface area (Å²) in [5, 5.41) is 12.3. The molecule has 134 valence electrons. The molecule has 0 spiro atoms. The fourth-order valence-electron chi connectivity index (χ4n) is 2.26. The zero-order chi connectivity index (χ0) is 18.4. The fourth-order valence-corrected chi connectivity index (χ4v) is 3.19. The lowest BCUT2D eigenvalue weighted by Gasteiger charge is -2.14. The molecule has 0 saturated carbocycles. The molecule has 1 atom stereocenters. The van der Waals surface area contributed by atoms with Gasteiger partial charge in [0.2, 0.25) is 9.84 Å². The molecule has 1 amide bonds. The molecule has 0 aliphatic rings. The molecule has 0 bridgehead atoms. The van der Waals surface area contributed by atoms with Crippen LogP contribution in [0.1, 0.15) is 15.9 Å². The highest BCUT2D eigenvalue weighted by molar-refractivity contribution is 7.91. The van der Waals surface area contributed by atoms with Crippen LogP contribution in [0, 0.1) is 0 Å². The second-order valence-electron chi connectivity index (χ2n) is 5.36. The molecule has 0 aromatic heterocycles. The largest absolute Gasteiger partial charge is 0.391 e. The number of hydrogen-bond acceptors (Lipinski definition) is 4. The van der Waals surface area contributed by atoms with Gasteiger partial charge in [0, 0.05) is 13.0 Å². The van der Waals surface area contributed by atoms with Gasteiger partial charge in [-0.25, -0.2) is 8.42 Å². The third kappa shape index (κ3) is 4.83. The minimum Gasteiger partial charge on any atom is -0.391 e.